The van der Waals surface area contributed by atoms with E-state index in [1.165, 1.54) is 12.1 Å². The molecule has 8 heteroatoms. The number of alkyl halides is 3. The molecule has 3 aromatic rings. The number of carboxylic acid groups (broad SMARTS) is 1. The van der Waals surface area contributed by atoms with Gasteiger partial charge < -0.3 is 14.3 Å². The molecular weight excluding hydrogens is 399 g/mol. The number of ether oxygens (including phenoxy) is 1. The summed E-state index contributed by atoms with van der Waals surface area (Å²) in [6.07, 6.45) is -1.22. The van der Waals surface area contributed by atoms with Crippen LogP contribution >= 0.6 is 0 Å². The highest BCUT2D eigenvalue weighted by molar-refractivity contribution is 5.70. The van der Waals surface area contributed by atoms with Gasteiger partial charge in [-0.15, -0.1) is 0 Å². The first kappa shape index (κ1) is 21.2. The predicted molar refractivity (Wildman–Crippen MR) is 104 cm³/mol. The average Bonchev–Trinajstić information content (AvgIpc) is 3.05. The maximum absolute atomic E-state index is 12.6. The number of benzene rings is 2. The van der Waals surface area contributed by atoms with Gasteiger partial charge in [0, 0.05) is 5.56 Å². The molecule has 0 saturated heterocycles. The summed E-state index contributed by atoms with van der Waals surface area (Å²) >= 11 is 0. The van der Waals surface area contributed by atoms with E-state index in [0.29, 0.717) is 34.2 Å². The van der Waals surface area contributed by atoms with Crippen LogP contribution in [-0.2, 0) is 17.4 Å². The molecule has 1 heterocycles. The van der Waals surface area contributed by atoms with E-state index in [2.05, 4.69) is 4.98 Å². The smallest absolute Gasteiger partial charge is 0.416 e. The lowest BCUT2D eigenvalue weighted by Crippen LogP contribution is -2.03. The minimum Gasteiger partial charge on any atom is -0.490 e. The van der Waals surface area contributed by atoms with Gasteiger partial charge in [0.15, 0.2) is 0 Å². The second-order valence-corrected chi connectivity index (χ2v) is 6.45. The van der Waals surface area contributed by atoms with Gasteiger partial charge in [0.25, 0.3) is 0 Å². The van der Waals surface area contributed by atoms with Crippen molar-refractivity contribution in [3.05, 3.63) is 77.2 Å². The number of aliphatic carboxylic acids is 1. The van der Waals surface area contributed by atoms with Gasteiger partial charge in [-0.25, -0.2) is 4.98 Å². The van der Waals surface area contributed by atoms with Crippen molar-refractivity contribution in [3.63, 3.8) is 0 Å². The third kappa shape index (κ3) is 5.50. The number of nitrogens with zero attached hydrogens (tertiary/aromatic N) is 1. The van der Waals surface area contributed by atoms with Gasteiger partial charge in [0.1, 0.15) is 18.1 Å². The average molecular weight is 417 g/mol. The summed E-state index contributed by atoms with van der Waals surface area (Å²) in [4.78, 5) is 15.1. The Hall–Kier alpha value is -3.55. The van der Waals surface area contributed by atoms with Crippen LogP contribution in [-0.4, -0.2) is 22.7 Å². The van der Waals surface area contributed by atoms with E-state index >= 15 is 0 Å². The van der Waals surface area contributed by atoms with Gasteiger partial charge in [-0.05, 0) is 48.9 Å². The standard InChI is InChI=1S/C22H18F3NO4/c1-14-19(13-20(27)28)26-21(30-14)16-5-2-6-18(12-16)29-11-3-4-15-7-9-17(10-8-15)22(23,24)25/h2-10,12H,11,13H2,1H3,(H,27,28). The quantitative estimate of drug-likeness (QED) is 0.558. The Kier molecular flexibility index (Phi) is 6.25. The number of aromatic nitrogens is 1. The van der Waals surface area contributed by atoms with E-state index in [1.54, 1.807) is 43.3 Å². The number of rotatable bonds is 7. The molecule has 30 heavy (non-hydrogen) atoms. The molecule has 5 nitrogen and oxygen atoms in total. The van der Waals surface area contributed by atoms with E-state index in [1.807, 2.05) is 0 Å². The summed E-state index contributed by atoms with van der Waals surface area (Å²) in [5.41, 5.74) is 0.935. The highest BCUT2D eigenvalue weighted by atomic mass is 19.4. The van der Waals surface area contributed by atoms with Gasteiger partial charge in [-0.2, -0.15) is 13.2 Å². The van der Waals surface area contributed by atoms with E-state index in [4.69, 9.17) is 14.3 Å². The zero-order valence-corrected chi connectivity index (χ0v) is 15.9. The molecule has 0 amide bonds. The minimum atomic E-state index is -4.36. The van der Waals surface area contributed by atoms with Crippen molar-refractivity contribution < 1.29 is 32.2 Å². The summed E-state index contributed by atoms with van der Waals surface area (Å²) in [5, 5.41) is 8.91. The lowest BCUT2D eigenvalue weighted by atomic mass is 10.1. The predicted octanol–water partition coefficient (Wildman–Crippen LogP) is 5.39. The number of oxazole rings is 1. The summed E-state index contributed by atoms with van der Waals surface area (Å²) < 4.78 is 48.9. The third-order valence-corrected chi connectivity index (χ3v) is 4.19. The van der Waals surface area contributed by atoms with Crippen molar-refractivity contribution in [1.29, 1.82) is 0 Å². The Morgan fingerprint density at radius 1 is 1.20 bits per heavy atom. The Bertz CT molecular complexity index is 1050. The largest absolute Gasteiger partial charge is 0.490 e. The monoisotopic (exact) mass is 417 g/mol. The van der Waals surface area contributed by atoms with Crippen LogP contribution in [0.4, 0.5) is 13.2 Å². The van der Waals surface area contributed by atoms with Crippen molar-refractivity contribution in [2.75, 3.05) is 6.61 Å². The normalized spacial score (nSPS) is 11.7. The highest BCUT2D eigenvalue weighted by Crippen LogP contribution is 2.29. The molecular formula is C22H18F3NO4. The number of hydrogen-bond donors (Lipinski definition) is 1. The molecule has 0 aliphatic heterocycles. The van der Waals surface area contributed by atoms with Crippen molar-refractivity contribution in [1.82, 2.24) is 4.98 Å². The van der Waals surface area contributed by atoms with Gasteiger partial charge in [0.05, 0.1) is 17.7 Å². The topological polar surface area (TPSA) is 72.6 Å². The first-order chi connectivity index (χ1) is 14.2. The van der Waals surface area contributed by atoms with E-state index in [9.17, 15) is 18.0 Å². The highest BCUT2D eigenvalue weighted by Gasteiger charge is 2.29. The van der Waals surface area contributed by atoms with Crippen LogP contribution in [0.1, 0.15) is 22.6 Å². The van der Waals surface area contributed by atoms with Crippen LogP contribution in [0.15, 0.2) is 59.0 Å². The van der Waals surface area contributed by atoms with Gasteiger partial charge in [-0.3, -0.25) is 4.79 Å². The number of hydrogen-bond acceptors (Lipinski definition) is 4. The van der Waals surface area contributed by atoms with E-state index in [0.717, 1.165) is 12.1 Å². The molecule has 3 rings (SSSR count). The van der Waals surface area contributed by atoms with Gasteiger partial charge in [0.2, 0.25) is 5.89 Å². The molecule has 0 unspecified atom stereocenters. The van der Waals surface area contributed by atoms with Crippen LogP contribution in [0.3, 0.4) is 0 Å². The third-order valence-electron chi connectivity index (χ3n) is 4.19. The molecule has 0 atom stereocenters. The molecule has 1 N–H and O–H groups in total. The molecule has 0 spiro atoms. The Morgan fingerprint density at radius 3 is 2.60 bits per heavy atom. The summed E-state index contributed by atoms with van der Waals surface area (Å²) in [7, 11) is 0. The van der Waals surface area contributed by atoms with Crippen LogP contribution in [0.25, 0.3) is 17.5 Å². The zero-order chi connectivity index (χ0) is 21.7. The van der Waals surface area contributed by atoms with Crippen LogP contribution in [0.2, 0.25) is 0 Å². The Morgan fingerprint density at radius 2 is 1.93 bits per heavy atom. The molecule has 0 fully saturated rings. The van der Waals surface area contributed by atoms with Gasteiger partial charge in [-0.1, -0.05) is 24.3 Å². The SMILES string of the molecule is Cc1oc(-c2cccc(OCC=Cc3ccc(C(F)(F)F)cc3)c2)nc1CC(=O)O. The summed E-state index contributed by atoms with van der Waals surface area (Å²) in [6.45, 7) is 1.86. The van der Waals surface area contributed by atoms with E-state index in [-0.39, 0.29) is 13.0 Å². The van der Waals surface area contributed by atoms with Crippen LogP contribution < -0.4 is 4.74 Å². The molecule has 0 aliphatic carbocycles. The lowest BCUT2D eigenvalue weighted by Gasteiger charge is -2.06. The number of carboxylic acids is 1. The van der Waals surface area contributed by atoms with Crippen molar-refractivity contribution in [2.45, 2.75) is 19.5 Å². The fraction of sp³-hybridized carbons (Fsp3) is 0.182. The molecule has 156 valence electrons. The maximum Gasteiger partial charge on any atom is 0.416 e. The molecule has 2 aromatic carbocycles. The number of carbonyl (C=O) groups is 1. The Labute approximate surface area is 170 Å². The van der Waals surface area contributed by atoms with Crippen molar-refractivity contribution >= 4 is 12.0 Å². The number of aryl methyl sites for hydroxylation is 1. The second-order valence-electron chi connectivity index (χ2n) is 6.45. The summed E-state index contributed by atoms with van der Waals surface area (Å²) in [6, 6.07) is 11.8. The van der Waals surface area contributed by atoms with Crippen molar-refractivity contribution in [3.8, 4) is 17.2 Å². The Balaban J connectivity index is 1.62. The fourth-order valence-electron chi connectivity index (χ4n) is 2.69. The first-order valence-electron chi connectivity index (χ1n) is 8.97. The molecule has 0 bridgehead atoms. The van der Waals surface area contributed by atoms with Crippen LogP contribution in [0.5, 0.6) is 5.75 Å². The molecule has 0 radical (unpaired) electrons. The van der Waals surface area contributed by atoms with E-state index < -0.39 is 17.7 Å². The van der Waals surface area contributed by atoms with Crippen LogP contribution in [0, 0.1) is 6.92 Å². The molecule has 1 aromatic heterocycles. The molecule has 0 aliphatic rings. The van der Waals surface area contributed by atoms with Gasteiger partial charge >= 0.3 is 12.1 Å². The number of halogens is 3. The summed E-state index contributed by atoms with van der Waals surface area (Å²) in [5.74, 6) is 0.294. The first-order valence-corrected chi connectivity index (χ1v) is 8.97. The molecule has 0 saturated carbocycles. The fourth-order valence-corrected chi connectivity index (χ4v) is 2.69. The minimum absolute atomic E-state index is 0.208. The zero-order valence-electron chi connectivity index (χ0n) is 15.9. The second kappa shape index (κ2) is 8.86. The van der Waals surface area contributed by atoms with Crippen molar-refractivity contribution in [2.24, 2.45) is 0 Å². The maximum atomic E-state index is 12.6. The lowest BCUT2D eigenvalue weighted by molar-refractivity contribution is -0.138.